The van der Waals surface area contributed by atoms with E-state index in [0.29, 0.717) is 31.0 Å². The van der Waals surface area contributed by atoms with Crippen LogP contribution in [0.4, 0.5) is 0 Å². The summed E-state index contributed by atoms with van der Waals surface area (Å²) in [6, 6.07) is 16.2. The maximum atomic E-state index is 13.1. The fourth-order valence-corrected chi connectivity index (χ4v) is 4.00. The molecule has 0 spiro atoms. The van der Waals surface area contributed by atoms with E-state index < -0.39 is 17.7 Å². The summed E-state index contributed by atoms with van der Waals surface area (Å²) in [6.07, 6.45) is 0.898. The number of carbonyl (C=O) groups excluding carboxylic acids is 2. The minimum absolute atomic E-state index is 0.148. The minimum atomic E-state index is -0.639. The highest BCUT2D eigenvalue weighted by Crippen LogP contribution is 2.37. The summed E-state index contributed by atoms with van der Waals surface area (Å²) in [5.74, 6) is -0.822. The molecule has 2 aromatic rings. The zero-order chi connectivity index (χ0) is 23.3. The lowest BCUT2D eigenvalue weighted by atomic mass is 9.87. The van der Waals surface area contributed by atoms with Crippen LogP contribution < -0.4 is 4.74 Å². The van der Waals surface area contributed by atoms with E-state index in [-0.39, 0.29) is 17.3 Å². The number of aliphatic hydroxyl groups is 1. The van der Waals surface area contributed by atoms with Crippen molar-refractivity contribution >= 4 is 17.4 Å². The van der Waals surface area contributed by atoms with E-state index in [2.05, 4.69) is 0 Å². The molecule has 32 heavy (non-hydrogen) atoms. The highest BCUT2D eigenvalue weighted by atomic mass is 16.5. The second kappa shape index (κ2) is 10.5. The van der Waals surface area contributed by atoms with Gasteiger partial charge in [-0.1, -0.05) is 44.2 Å². The third kappa shape index (κ3) is 5.02. The topological polar surface area (TPSA) is 70.1 Å². The Labute approximate surface area is 190 Å². The highest BCUT2D eigenvalue weighted by molar-refractivity contribution is 6.46. The first-order valence-corrected chi connectivity index (χ1v) is 11.1. The quantitative estimate of drug-likeness (QED) is 0.367. The molecule has 0 aliphatic carbocycles. The van der Waals surface area contributed by atoms with Crippen LogP contribution in [-0.2, 0) is 9.59 Å². The second-order valence-corrected chi connectivity index (χ2v) is 8.41. The molecule has 2 unspecified atom stereocenters. The van der Waals surface area contributed by atoms with Gasteiger partial charge in [0.2, 0.25) is 0 Å². The number of likely N-dealkylation sites (N-methyl/N-ethyl adjacent to an activating group) is 1. The Morgan fingerprint density at radius 1 is 1.09 bits per heavy atom. The fourth-order valence-electron chi connectivity index (χ4n) is 4.00. The van der Waals surface area contributed by atoms with Gasteiger partial charge in [-0.3, -0.25) is 9.59 Å². The molecule has 1 saturated heterocycles. The molecule has 1 amide bonds. The minimum Gasteiger partial charge on any atom is -0.507 e. The number of carbonyl (C=O) groups is 2. The van der Waals surface area contributed by atoms with E-state index in [0.717, 1.165) is 12.0 Å². The van der Waals surface area contributed by atoms with E-state index >= 15 is 0 Å². The van der Waals surface area contributed by atoms with Crippen molar-refractivity contribution in [2.75, 3.05) is 33.8 Å². The van der Waals surface area contributed by atoms with Gasteiger partial charge in [-0.05, 0) is 50.3 Å². The first-order chi connectivity index (χ1) is 15.3. The fraction of sp³-hybridized carbons (Fsp3) is 0.385. The van der Waals surface area contributed by atoms with Crippen molar-refractivity contribution in [1.82, 2.24) is 9.80 Å². The molecule has 6 heteroatoms. The number of rotatable bonds is 9. The van der Waals surface area contributed by atoms with Crippen molar-refractivity contribution in [2.24, 2.45) is 0 Å². The molecule has 0 aromatic heterocycles. The average Bonchev–Trinajstić information content (AvgIpc) is 3.06. The zero-order valence-electron chi connectivity index (χ0n) is 19.2. The number of hydrogen-bond donors (Lipinski definition) is 1. The lowest BCUT2D eigenvalue weighted by Crippen LogP contribution is -2.41. The molecule has 0 saturated carbocycles. The molecular formula is C26H32N2O4. The van der Waals surface area contributed by atoms with Crippen LogP contribution in [0.25, 0.3) is 5.76 Å². The van der Waals surface area contributed by atoms with Crippen molar-refractivity contribution < 1.29 is 19.4 Å². The summed E-state index contributed by atoms with van der Waals surface area (Å²) < 4.78 is 5.61. The Morgan fingerprint density at radius 2 is 1.75 bits per heavy atom. The number of amides is 1. The summed E-state index contributed by atoms with van der Waals surface area (Å²) >= 11 is 0. The normalized spacial score (nSPS) is 18.9. The summed E-state index contributed by atoms with van der Waals surface area (Å²) in [4.78, 5) is 29.6. The maximum absolute atomic E-state index is 13.1. The van der Waals surface area contributed by atoms with Crippen LogP contribution in [0.15, 0.2) is 60.2 Å². The number of Topliss-reactive ketones (excluding diaryl/α,β-unsaturated/α-hetero) is 1. The van der Waals surface area contributed by atoms with Crippen LogP contribution in [0.1, 0.15) is 37.3 Å². The molecule has 170 valence electrons. The third-order valence-electron chi connectivity index (χ3n) is 5.77. The number of benzene rings is 2. The van der Waals surface area contributed by atoms with Gasteiger partial charge in [0, 0.05) is 24.6 Å². The highest BCUT2D eigenvalue weighted by Gasteiger charge is 2.47. The van der Waals surface area contributed by atoms with Crippen LogP contribution in [0.5, 0.6) is 5.75 Å². The average molecular weight is 437 g/mol. The Morgan fingerprint density at radius 3 is 2.34 bits per heavy atom. The van der Waals surface area contributed by atoms with Crippen molar-refractivity contribution in [3.8, 4) is 5.75 Å². The molecular weight excluding hydrogens is 404 g/mol. The zero-order valence-corrected chi connectivity index (χ0v) is 19.2. The van der Waals surface area contributed by atoms with Gasteiger partial charge in [-0.15, -0.1) is 0 Å². The van der Waals surface area contributed by atoms with E-state index in [1.54, 1.807) is 29.2 Å². The van der Waals surface area contributed by atoms with E-state index in [9.17, 15) is 14.7 Å². The van der Waals surface area contributed by atoms with E-state index in [4.69, 9.17) is 4.74 Å². The summed E-state index contributed by atoms with van der Waals surface area (Å²) in [7, 11) is 3.85. The van der Waals surface area contributed by atoms with Crippen molar-refractivity contribution in [2.45, 2.75) is 32.2 Å². The van der Waals surface area contributed by atoms with Crippen LogP contribution in [0, 0.1) is 0 Å². The molecule has 1 N–H and O–H groups in total. The molecule has 1 fully saturated rings. The van der Waals surface area contributed by atoms with Gasteiger partial charge < -0.3 is 19.6 Å². The molecule has 3 rings (SSSR count). The number of nitrogens with zero attached hydrogens (tertiary/aromatic N) is 2. The number of aliphatic hydroxyl groups excluding tert-OH is 1. The number of ether oxygens (including phenoxy) is 1. The van der Waals surface area contributed by atoms with Crippen LogP contribution in [0.2, 0.25) is 0 Å². The number of hydrogen-bond acceptors (Lipinski definition) is 5. The monoisotopic (exact) mass is 436 g/mol. The number of likely N-dealkylation sites (tertiary alicyclic amines) is 1. The summed E-state index contributed by atoms with van der Waals surface area (Å²) in [6.45, 7) is 5.65. The molecule has 2 atom stereocenters. The van der Waals surface area contributed by atoms with Crippen LogP contribution >= 0.6 is 0 Å². The van der Waals surface area contributed by atoms with Gasteiger partial charge in [0.1, 0.15) is 11.5 Å². The molecule has 1 aliphatic heterocycles. The Kier molecular flexibility index (Phi) is 7.70. The molecule has 1 aliphatic rings. The predicted octanol–water partition coefficient (Wildman–Crippen LogP) is 3.89. The van der Waals surface area contributed by atoms with Crippen LogP contribution in [-0.4, -0.2) is 66.4 Å². The van der Waals surface area contributed by atoms with Gasteiger partial charge in [0.25, 0.3) is 11.7 Å². The lowest BCUT2D eigenvalue weighted by Gasteiger charge is -2.31. The summed E-state index contributed by atoms with van der Waals surface area (Å²) in [5, 5.41) is 11.2. The van der Waals surface area contributed by atoms with Crippen LogP contribution in [0.3, 0.4) is 0 Å². The van der Waals surface area contributed by atoms with Gasteiger partial charge in [-0.25, -0.2) is 0 Å². The van der Waals surface area contributed by atoms with Crippen molar-refractivity contribution in [3.05, 3.63) is 71.3 Å². The van der Waals surface area contributed by atoms with Gasteiger partial charge in [0.15, 0.2) is 0 Å². The first-order valence-electron chi connectivity index (χ1n) is 11.1. The SMILES string of the molecule is CCCOc1ccc(/C(O)=C2\C(=O)C(=O)N(CCN(C)C)C2C(C)c2ccccc2)cc1. The lowest BCUT2D eigenvalue weighted by molar-refractivity contribution is -0.140. The smallest absolute Gasteiger partial charge is 0.295 e. The second-order valence-electron chi connectivity index (χ2n) is 8.41. The Bertz CT molecular complexity index is 967. The maximum Gasteiger partial charge on any atom is 0.295 e. The summed E-state index contributed by atoms with van der Waals surface area (Å²) in [5.41, 5.74) is 1.65. The molecule has 1 heterocycles. The first kappa shape index (κ1) is 23.5. The van der Waals surface area contributed by atoms with Gasteiger partial charge in [0.05, 0.1) is 18.2 Å². The number of ketones is 1. The van der Waals surface area contributed by atoms with Gasteiger partial charge in [-0.2, -0.15) is 0 Å². The molecule has 0 radical (unpaired) electrons. The third-order valence-corrected chi connectivity index (χ3v) is 5.77. The van der Waals surface area contributed by atoms with E-state index in [1.165, 1.54) is 0 Å². The predicted molar refractivity (Wildman–Crippen MR) is 126 cm³/mol. The largest absolute Gasteiger partial charge is 0.507 e. The van der Waals surface area contributed by atoms with E-state index in [1.807, 2.05) is 63.2 Å². The van der Waals surface area contributed by atoms with Gasteiger partial charge >= 0.3 is 0 Å². The Balaban J connectivity index is 2.03. The van der Waals surface area contributed by atoms with Crippen molar-refractivity contribution in [3.63, 3.8) is 0 Å². The standard InChI is InChI=1S/C26H32N2O4/c1-5-17-32-21-13-11-20(12-14-21)24(29)22-23(18(2)19-9-7-6-8-10-19)28(16-15-27(3)4)26(31)25(22)30/h6-14,18,23,29H,5,15-17H2,1-4H3/b24-22+. The molecule has 6 nitrogen and oxygen atoms in total. The van der Waals surface area contributed by atoms with Crippen molar-refractivity contribution in [1.29, 1.82) is 0 Å². The molecule has 2 aromatic carbocycles. The Hall–Kier alpha value is -3.12. The molecule has 0 bridgehead atoms.